The second-order valence-electron chi connectivity index (χ2n) is 4.96. The van der Waals surface area contributed by atoms with E-state index in [1.54, 1.807) is 0 Å². The molecule has 2 rings (SSSR count). The Balaban J connectivity index is 2.14. The summed E-state index contributed by atoms with van der Waals surface area (Å²) >= 11 is 0. The summed E-state index contributed by atoms with van der Waals surface area (Å²) in [6, 6.07) is 5.81. The third kappa shape index (κ3) is 3.83. The molecule has 1 aliphatic rings. The molecule has 0 spiro atoms. The van der Waals surface area contributed by atoms with Gasteiger partial charge < -0.3 is 15.8 Å². The number of hydrogen-bond donors (Lipinski definition) is 2. The van der Waals surface area contributed by atoms with Crippen molar-refractivity contribution in [2.24, 2.45) is 11.7 Å². The van der Waals surface area contributed by atoms with Crippen LogP contribution in [-0.4, -0.2) is 25.7 Å². The predicted octanol–water partition coefficient (Wildman–Crippen LogP) is 1.67. The van der Waals surface area contributed by atoms with E-state index in [-0.39, 0.29) is 11.8 Å². The van der Waals surface area contributed by atoms with Crippen molar-refractivity contribution in [2.45, 2.75) is 19.8 Å². The summed E-state index contributed by atoms with van der Waals surface area (Å²) in [5.41, 5.74) is 8.03. The first kappa shape index (κ1) is 14.6. The van der Waals surface area contributed by atoms with Crippen molar-refractivity contribution in [2.75, 3.05) is 25.1 Å². The first-order valence-corrected chi connectivity index (χ1v) is 6.89. The van der Waals surface area contributed by atoms with Gasteiger partial charge in [-0.05, 0) is 37.5 Å². The van der Waals surface area contributed by atoms with Crippen LogP contribution in [0.15, 0.2) is 18.2 Å². The van der Waals surface area contributed by atoms with Gasteiger partial charge in [0.1, 0.15) is 0 Å². The van der Waals surface area contributed by atoms with E-state index in [1.807, 2.05) is 25.1 Å². The molecule has 0 bridgehead atoms. The van der Waals surface area contributed by atoms with Gasteiger partial charge in [-0.25, -0.2) is 0 Å². The molecule has 0 saturated carbocycles. The van der Waals surface area contributed by atoms with Crippen molar-refractivity contribution in [3.63, 3.8) is 0 Å². The predicted molar refractivity (Wildman–Crippen MR) is 79.3 cm³/mol. The molecule has 1 aromatic rings. The van der Waals surface area contributed by atoms with Crippen LogP contribution in [0, 0.1) is 24.7 Å². The molecule has 1 atom stereocenters. The maximum atomic E-state index is 12.2. The van der Waals surface area contributed by atoms with E-state index in [0.29, 0.717) is 13.2 Å². The van der Waals surface area contributed by atoms with E-state index >= 15 is 0 Å². The molecule has 0 aromatic heterocycles. The number of amides is 1. The van der Waals surface area contributed by atoms with Gasteiger partial charge in [-0.1, -0.05) is 17.9 Å². The number of carbonyl (C=O) groups excluding carboxylic acids is 1. The molecule has 106 valence electrons. The van der Waals surface area contributed by atoms with Crippen LogP contribution in [0.25, 0.3) is 0 Å². The minimum absolute atomic E-state index is 0.00565. The normalized spacial score (nSPS) is 18.0. The lowest BCUT2D eigenvalue weighted by molar-refractivity contribution is -0.123. The summed E-state index contributed by atoms with van der Waals surface area (Å²) in [4.78, 5) is 12.2. The Morgan fingerprint density at radius 3 is 3.10 bits per heavy atom. The zero-order chi connectivity index (χ0) is 14.4. The molecule has 1 heterocycles. The summed E-state index contributed by atoms with van der Waals surface area (Å²) in [6.45, 7) is 3.54. The number of anilines is 1. The van der Waals surface area contributed by atoms with Gasteiger partial charge in [-0.2, -0.15) is 0 Å². The molecular weight excluding hydrogens is 252 g/mol. The zero-order valence-electron chi connectivity index (χ0n) is 11.7. The third-order valence-electron chi connectivity index (χ3n) is 3.29. The monoisotopic (exact) mass is 272 g/mol. The Labute approximate surface area is 119 Å². The first-order valence-electron chi connectivity index (χ1n) is 6.89. The lowest BCUT2D eigenvalue weighted by Gasteiger charge is -2.21. The maximum absolute atomic E-state index is 12.2. The van der Waals surface area contributed by atoms with Crippen LogP contribution in [0.3, 0.4) is 0 Å². The van der Waals surface area contributed by atoms with Gasteiger partial charge >= 0.3 is 0 Å². The molecule has 20 heavy (non-hydrogen) atoms. The van der Waals surface area contributed by atoms with E-state index in [1.165, 1.54) is 0 Å². The highest BCUT2D eigenvalue weighted by Gasteiger charge is 2.22. The van der Waals surface area contributed by atoms with Crippen molar-refractivity contribution in [1.82, 2.24) is 0 Å². The minimum Gasteiger partial charge on any atom is -0.381 e. The molecule has 0 radical (unpaired) electrons. The van der Waals surface area contributed by atoms with Gasteiger partial charge in [0, 0.05) is 12.2 Å². The fraction of sp³-hybridized carbons (Fsp3) is 0.438. The summed E-state index contributed by atoms with van der Waals surface area (Å²) in [5.74, 6) is 5.74. The van der Waals surface area contributed by atoms with Gasteiger partial charge in [0.25, 0.3) is 0 Å². The second-order valence-corrected chi connectivity index (χ2v) is 4.96. The number of nitrogens with two attached hydrogens (primary N) is 1. The van der Waals surface area contributed by atoms with Gasteiger partial charge in [0.2, 0.25) is 5.91 Å². The van der Waals surface area contributed by atoms with Crippen molar-refractivity contribution in [3.8, 4) is 11.8 Å². The summed E-state index contributed by atoms with van der Waals surface area (Å²) in [6.07, 6.45) is 1.81. The van der Waals surface area contributed by atoms with Crippen molar-refractivity contribution >= 4 is 11.6 Å². The molecule has 1 amide bonds. The standard InChI is InChI=1S/C16H20N2O2/c1-12-6-7-13(4-2-8-17)15(10-12)18-16(19)14-5-3-9-20-11-14/h6-7,10,14H,3,5,8-9,11,17H2,1H3,(H,18,19). The van der Waals surface area contributed by atoms with Crippen molar-refractivity contribution < 1.29 is 9.53 Å². The maximum Gasteiger partial charge on any atom is 0.229 e. The van der Waals surface area contributed by atoms with E-state index in [0.717, 1.165) is 36.3 Å². The summed E-state index contributed by atoms with van der Waals surface area (Å²) in [5, 5.41) is 2.97. The largest absolute Gasteiger partial charge is 0.381 e. The number of hydrogen-bond acceptors (Lipinski definition) is 3. The number of aryl methyl sites for hydroxylation is 1. The van der Waals surface area contributed by atoms with E-state index in [2.05, 4.69) is 17.2 Å². The highest BCUT2D eigenvalue weighted by molar-refractivity contribution is 5.94. The number of ether oxygens (including phenoxy) is 1. The third-order valence-corrected chi connectivity index (χ3v) is 3.29. The topological polar surface area (TPSA) is 64.3 Å². The molecule has 1 aromatic carbocycles. The van der Waals surface area contributed by atoms with E-state index < -0.39 is 0 Å². The molecule has 4 heteroatoms. The van der Waals surface area contributed by atoms with Gasteiger partial charge in [0.05, 0.1) is 24.8 Å². The number of benzene rings is 1. The molecule has 3 N–H and O–H groups in total. The Morgan fingerprint density at radius 1 is 1.55 bits per heavy atom. The van der Waals surface area contributed by atoms with Crippen LogP contribution < -0.4 is 11.1 Å². The molecule has 4 nitrogen and oxygen atoms in total. The van der Waals surface area contributed by atoms with Crippen molar-refractivity contribution in [3.05, 3.63) is 29.3 Å². The van der Waals surface area contributed by atoms with E-state index in [4.69, 9.17) is 10.5 Å². The first-order chi connectivity index (χ1) is 9.70. The Kier molecular flexibility index (Phi) is 5.16. The molecule has 1 fully saturated rings. The second kappa shape index (κ2) is 7.09. The smallest absolute Gasteiger partial charge is 0.229 e. The average molecular weight is 272 g/mol. The van der Waals surface area contributed by atoms with Crippen molar-refractivity contribution in [1.29, 1.82) is 0 Å². The van der Waals surface area contributed by atoms with Gasteiger partial charge in [-0.15, -0.1) is 0 Å². The van der Waals surface area contributed by atoms with Gasteiger partial charge in [0.15, 0.2) is 0 Å². The SMILES string of the molecule is Cc1ccc(C#CCN)c(NC(=O)C2CCCOC2)c1. The fourth-order valence-electron chi connectivity index (χ4n) is 2.20. The molecule has 1 aliphatic heterocycles. The number of carbonyl (C=O) groups is 1. The lowest BCUT2D eigenvalue weighted by Crippen LogP contribution is -2.30. The Hall–Kier alpha value is -1.83. The Morgan fingerprint density at radius 2 is 2.40 bits per heavy atom. The van der Waals surface area contributed by atoms with Crippen LogP contribution in [0.4, 0.5) is 5.69 Å². The molecular formula is C16H20N2O2. The lowest BCUT2D eigenvalue weighted by atomic mass is 10.0. The Bertz CT molecular complexity index is 537. The van der Waals surface area contributed by atoms with Crippen LogP contribution in [0.5, 0.6) is 0 Å². The zero-order valence-corrected chi connectivity index (χ0v) is 11.7. The highest BCUT2D eigenvalue weighted by atomic mass is 16.5. The fourth-order valence-corrected chi connectivity index (χ4v) is 2.20. The highest BCUT2D eigenvalue weighted by Crippen LogP contribution is 2.20. The van der Waals surface area contributed by atoms with Gasteiger partial charge in [-0.3, -0.25) is 4.79 Å². The van der Waals surface area contributed by atoms with Crippen LogP contribution >= 0.6 is 0 Å². The summed E-state index contributed by atoms with van der Waals surface area (Å²) < 4.78 is 5.35. The minimum atomic E-state index is -0.0698. The van der Waals surface area contributed by atoms with Crippen LogP contribution in [0.2, 0.25) is 0 Å². The van der Waals surface area contributed by atoms with Crippen LogP contribution in [-0.2, 0) is 9.53 Å². The van der Waals surface area contributed by atoms with E-state index in [9.17, 15) is 4.79 Å². The average Bonchev–Trinajstić information content (AvgIpc) is 2.47. The number of rotatable bonds is 2. The number of nitrogens with one attached hydrogen (secondary N) is 1. The molecule has 1 unspecified atom stereocenters. The molecule has 0 aliphatic carbocycles. The van der Waals surface area contributed by atoms with Crippen LogP contribution in [0.1, 0.15) is 24.0 Å². The summed E-state index contributed by atoms with van der Waals surface area (Å²) in [7, 11) is 0. The quantitative estimate of drug-likeness (QED) is 0.805. The molecule has 1 saturated heterocycles.